The highest BCUT2D eigenvalue weighted by Crippen LogP contribution is 2.38. The van der Waals surface area contributed by atoms with Crippen molar-refractivity contribution in [1.82, 2.24) is 13.9 Å². The summed E-state index contributed by atoms with van der Waals surface area (Å²) in [6, 6.07) is 0.428. The zero-order valence-corrected chi connectivity index (χ0v) is 13.2. The van der Waals surface area contributed by atoms with Crippen LogP contribution in [0.15, 0.2) is 0 Å². The second-order valence-corrected chi connectivity index (χ2v) is 8.40. The smallest absolute Gasteiger partial charge is 0.282 e. The summed E-state index contributed by atoms with van der Waals surface area (Å²) in [5.41, 5.74) is 0. The molecule has 2 saturated carbocycles. The molecule has 0 amide bonds. The predicted molar refractivity (Wildman–Crippen MR) is 79.6 cm³/mol. The van der Waals surface area contributed by atoms with Gasteiger partial charge in [0.2, 0.25) is 0 Å². The number of nitrogens with zero attached hydrogens (tertiary/aromatic N) is 2. The van der Waals surface area contributed by atoms with Gasteiger partial charge in [-0.3, -0.25) is 0 Å². The summed E-state index contributed by atoms with van der Waals surface area (Å²) in [5, 5.41) is 3.15. The Kier molecular flexibility index (Phi) is 4.36. The lowest BCUT2D eigenvalue weighted by Crippen LogP contribution is -2.54. The highest BCUT2D eigenvalue weighted by molar-refractivity contribution is 7.86. The van der Waals surface area contributed by atoms with Gasteiger partial charge in [0.1, 0.15) is 0 Å². The largest absolute Gasteiger partial charge is 0.318 e. The molecule has 0 bridgehead atoms. The lowest BCUT2D eigenvalue weighted by atomic mass is 10.1. The molecule has 0 aromatic rings. The molecular weight excluding hydrogens is 274 g/mol. The van der Waals surface area contributed by atoms with Crippen molar-refractivity contribution in [1.29, 1.82) is 0 Å². The second kappa shape index (κ2) is 5.91. The quantitative estimate of drug-likeness (QED) is 0.768. The van der Waals surface area contributed by atoms with E-state index >= 15 is 0 Å². The maximum absolute atomic E-state index is 13.0. The third kappa shape index (κ3) is 3.18. The average molecular weight is 301 g/mol. The molecule has 5 nitrogen and oxygen atoms in total. The molecule has 0 aromatic heterocycles. The lowest BCUT2D eigenvalue weighted by molar-refractivity contribution is 0.225. The van der Waals surface area contributed by atoms with E-state index in [1.54, 1.807) is 4.31 Å². The Morgan fingerprint density at radius 2 is 1.90 bits per heavy atom. The van der Waals surface area contributed by atoms with Crippen LogP contribution in [0.4, 0.5) is 0 Å². The minimum absolute atomic E-state index is 0.138. The molecule has 116 valence electrons. The van der Waals surface area contributed by atoms with Crippen molar-refractivity contribution in [2.45, 2.75) is 57.0 Å². The van der Waals surface area contributed by atoms with Crippen molar-refractivity contribution < 1.29 is 8.42 Å². The topological polar surface area (TPSA) is 52.7 Å². The van der Waals surface area contributed by atoms with Gasteiger partial charge in [-0.1, -0.05) is 6.42 Å². The molecule has 1 saturated heterocycles. The fourth-order valence-electron chi connectivity index (χ4n) is 3.20. The molecule has 1 aliphatic heterocycles. The highest BCUT2D eigenvalue weighted by Gasteiger charge is 2.44. The van der Waals surface area contributed by atoms with Gasteiger partial charge in [0, 0.05) is 31.7 Å². The van der Waals surface area contributed by atoms with Crippen molar-refractivity contribution in [3.63, 3.8) is 0 Å². The Bertz CT molecular complexity index is 430. The molecule has 3 aliphatic rings. The minimum atomic E-state index is -3.26. The summed E-state index contributed by atoms with van der Waals surface area (Å²) in [7, 11) is -1.36. The van der Waals surface area contributed by atoms with Crippen LogP contribution in [-0.4, -0.2) is 55.8 Å². The predicted octanol–water partition coefficient (Wildman–Crippen LogP) is 1.18. The first-order chi connectivity index (χ1) is 9.63. The van der Waals surface area contributed by atoms with Crippen molar-refractivity contribution in [2.24, 2.45) is 5.92 Å². The third-order valence-corrected chi connectivity index (χ3v) is 6.81. The van der Waals surface area contributed by atoms with E-state index in [1.165, 1.54) is 12.8 Å². The van der Waals surface area contributed by atoms with Gasteiger partial charge in [0.15, 0.2) is 0 Å². The Labute approximate surface area is 122 Å². The third-order valence-electron chi connectivity index (χ3n) is 4.69. The monoisotopic (exact) mass is 301 g/mol. The van der Waals surface area contributed by atoms with E-state index in [0.717, 1.165) is 45.2 Å². The van der Waals surface area contributed by atoms with Crippen LogP contribution in [-0.2, 0) is 10.2 Å². The van der Waals surface area contributed by atoms with Crippen LogP contribution in [0.1, 0.15) is 44.9 Å². The molecule has 1 unspecified atom stereocenters. The molecule has 6 heteroatoms. The van der Waals surface area contributed by atoms with Crippen molar-refractivity contribution in [3.8, 4) is 0 Å². The Morgan fingerprint density at radius 1 is 1.15 bits per heavy atom. The summed E-state index contributed by atoms with van der Waals surface area (Å²) in [6.07, 6.45) is 7.65. The molecular formula is C14H27N3O2S. The van der Waals surface area contributed by atoms with Crippen LogP contribution < -0.4 is 5.32 Å². The molecule has 0 aromatic carbocycles. The SMILES string of the molecule is CNCC1CCCCN1S(=O)(=O)N(CC1CC1)C1CC1. The van der Waals surface area contributed by atoms with Crippen LogP contribution in [0.3, 0.4) is 0 Å². The standard InChI is InChI=1S/C14H27N3O2S/c1-15-10-14-4-2-3-9-16(14)20(18,19)17(13-7-8-13)11-12-5-6-12/h12-15H,2-11H2,1H3. The number of likely N-dealkylation sites (N-methyl/N-ethyl adjacent to an activating group) is 1. The van der Waals surface area contributed by atoms with Crippen molar-refractivity contribution in [2.75, 3.05) is 26.7 Å². The first-order valence-electron chi connectivity index (χ1n) is 8.06. The molecule has 1 heterocycles. The Morgan fingerprint density at radius 3 is 2.50 bits per heavy atom. The Balaban J connectivity index is 1.76. The van der Waals surface area contributed by atoms with E-state index in [-0.39, 0.29) is 12.1 Å². The Hall–Kier alpha value is -0.170. The summed E-state index contributed by atoms with van der Waals surface area (Å²) in [6.45, 7) is 2.22. The van der Waals surface area contributed by atoms with Gasteiger partial charge in [-0.25, -0.2) is 0 Å². The fourth-order valence-corrected chi connectivity index (χ4v) is 5.37. The molecule has 0 spiro atoms. The van der Waals surface area contributed by atoms with E-state index in [4.69, 9.17) is 0 Å². The van der Waals surface area contributed by atoms with Crippen LogP contribution in [0.2, 0.25) is 0 Å². The normalized spacial score (nSPS) is 29.0. The zero-order chi connectivity index (χ0) is 14.2. The molecule has 1 atom stereocenters. The van der Waals surface area contributed by atoms with E-state index in [0.29, 0.717) is 12.5 Å². The van der Waals surface area contributed by atoms with Gasteiger partial charge in [0.05, 0.1) is 0 Å². The molecule has 3 rings (SSSR count). The summed E-state index contributed by atoms with van der Waals surface area (Å²) >= 11 is 0. The molecule has 20 heavy (non-hydrogen) atoms. The van der Waals surface area contributed by atoms with E-state index < -0.39 is 10.2 Å². The number of hydrogen-bond donors (Lipinski definition) is 1. The van der Waals surface area contributed by atoms with Crippen molar-refractivity contribution >= 4 is 10.2 Å². The molecule has 0 radical (unpaired) electrons. The number of rotatable bonds is 7. The molecule has 1 N–H and O–H groups in total. The van der Waals surface area contributed by atoms with Gasteiger partial charge in [-0.15, -0.1) is 0 Å². The van der Waals surface area contributed by atoms with Crippen LogP contribution in [0, 0.1) is 5.92 Å². The minimum Gasteiger partial charge on any atom is -0.318 e. The number of hydrogen-bond acceptors (Lipinski definition) is 3. The fraction of sp³-hybridized carbons (Fsp3) is 1.00. The van der Waals surface area contributed by atoms with Gasteiger partial charge < -0.3 is 5.32 Å². The summed E-state index contributed by atoms with van der Waals surface area (Å²) in [4.78, 5) is 0. The second-order valence-electron chi connectivity index (χ2n) is 6.57. The van der Waals surface area contributed by atoms with E-state index in [2.05, 4.69) is 5.32 Å². The summed E-state index contributed by atoms with van der Waals surface area (Å²) in [5.74, 6) is 0.623. The van der Waals surface area contributed by atoms with Gasteiger partial charge in [0.25, 0.3) is 10.2 Å². The van der Waals surface area contributed by atoms with Crippen LogP contribution >= 0.6 is 0 Å². The van der Waals surface area contributed by atoms with Crippen molar-refractivity contribution in [3.05, 3.63) is 0 Å². The lowest BCUT2D eigenvalue weighted by Gasteiger charge is -2.38. The number of nitrogens with one attached hydrogen (secondary N) is 1. The molecule has 3 fully saturated rings. The van der Waals surface area contributed by atoms with Gasteiger partial charge in [-0.05, 0) is 51.5 Å². The first-order valence-corrected chi connectivity index (χ1v) is 9.46. The van der Waals surface area contributed by atoms with Crippen LogP contribution in [0.5, 0.6) is 0 Å². The van der Waals surface area contributed by atoms with E-state index in [9.17, 15) is 8.42 Å². The van der Waals surface area contributed by atoms with Gasteiger partial charge >= 0.3 is 0 Å². The highest BCUT2D eigenvalue weighted by atomic mass is 32.2. The molecule has 2 aliphatic carbocycles. The van der Waals surface area contributed by atoms with E-state index in [1.807, 2.05) is 11.4 Å². The zero-order valence-electron chi connectivity index (χ0n) is 12.4. The van der Waals surface area contributed by atoms with Gasteiger partial charge in [-0.2, -0.15) is 17.0 Å². The maximum atomic E-state index is 13.0. The number of piperidine rings is 1. The first kappa shape index (κ1) is 14.8. The van der Waals surface area contributed by atoms with Crippen LogP contribution in [0.25, 0.3) is 0 Å². The summed E-state index contributed by atoms with van der Waals surface area (Å²) < 4.78 is 29.7. The average Bonchev–Trinajstić information content (AvgIpc) is 3.29. The maximum Gasteiger partial charge on any atom is 0.282 e.